The van der Waals surface area contributed by atoms with E-state index in [1.54, 1.807) is 24.3 Å². The summed E-state index contributed by atoms with van der Waals surface area (Å²) in [4.78, 5) is 24.2. The van der Waals surface area contributed by atoms with E-state index in [-0.39, 0.29) is 11.8 Å². The molecule has 0 saturated heterocycles. The van der Waals surface area contributed by atoms with Gasteiger partial charge in [0.05, 0.1) is 21.5 Å². The molecule has 0 aliphatic carbocycles. The Morgan fingerprint density at radius 2 is 1.43 bits per heavy atom. The third-order valence-electron chi connectivity index (χ3n) is 4.31. The second-order valence-corrected chi connectivity index (χ2v) is 7.11. The number of benzene rings is 2. The Morgan fingerprint density at radius 3 is 1.93 bits per heavy atom. The van der Waals surface area contributed by atoms with Gasteiger partial charge in [-0.25, -0.2) is 4.68 Å². The number of aromatic nitrogens is 2. The van der Waals surface area contributed by atoms with E-state index in [4.69, 9.17) is 0 Å². The van der Waals surface area contributed by atoms with Crippen LogP contribution in [-0.2, 0) is 0 Å². The van der Waals surface area contributed by atoms with Crippen molar-refractivity contribution in [1.29, 1.82) is 0 Å². The molecule has 0 saturated carbocycles. The van der Waals surface area contributed by atoms with E-state index in [0.717, 1.165) is 21.5 Å². The van der Waals surface area contributed by atoms with Crippen molar-refractivity contribution in [3.8, 4) is 5.69 Å². The molecule has 28 heavy (non-hydrogen) atoms. The quantitative estimate of drug-likeness (QED) is 0.576. The van der Waals surface area contributed by atoms with Crippen LogP contribution in [0.3, 0.4) is 0 Å². The molecule has 0 spiro atoms. The summed E-state index contributed by atoms with van der Waals surface area (Å²) in [6, 6.07) is 16.2. The van der Waals surface area contributed by atoms with Crippen LogP contribution in [0.25, 0.3) is 5.69 Å². The second kappa shape index (κ2) is 8.84. The largest absolute Gasteiger partial charge is 0.350 e. The standard InChI is InChI=1S/C21H21BrN4O2/c1-14-19(22)15(2)26(25-14)18-10-8-17(9-11-18)21(28)24-13-12-23-20(27)16-6-4-3-5-7-16/h3-11H,12-13H2,1-2H3,(H,23,27)(H,24,28). The lowest BCUT2D eigenvalue weighted by atomic mass is 10.2. The molecule has 0 fully saturated rings. The molecule has 0 aliphatic heterocycles. The molecule has 0 radical (unpaired) electrons. The Hall–Kier alpha value is -2.93. The number of rotatable bonds is 6. The molecule has 6 nitrogen and oxygen atoms in total. The van der Waals surface area contributed by atoms with E-state index in [2.05, 4.69) is 31.7 Å². The van der Waals surface area contributed by atoms with Gasteiger partial charge in [-0.15, -0.1) is 0 Å². The molecule has 0 aliphatic rings. The number of carbonyl (C=O) groups is 2. The van der Waals surface area contributed by atoms with Crippen LogP contribution in [0.4, 0.5) is 0 Å². The predicted octanol–water partition coefficient (Wildman–Crippen LogP) is 3.41. The number of nitrogens with one attached hydrogen (secondary N) is 2. The number of nitrogens with zero attached hydrogens (tertiary/aromatic N) is 2. The Morgan fingerprint density at radius 1 is 0.893 bits per heavy atom. The molecular weight excluding hydrogens is 420 g/mol. The fraction of sp³-hybridized carbons (Fsp3) is 0.190. The molecule has 1 heterocycles. The van der Waals surface area contributed by atoms with Gasteiger partial charge >= 0.3 is 0 Å². The maximum atomic E-state index is 12.3. The van der Waals surface area contributed by atoms with E-state index >= 15 is 0 Å². The van der Waals surface area contributed by atoms with Gasteiger partial charge in [-0.2, -0.15) is 5.10 Å². The first kappa shape index (κ1) is 19.8. The zero-order chi connectivity index (χ0) is 20.1. The number of hydrogen-bond acceptors (Lipinski definition) is 3. The number of amides is 2. The van der Waals surface area contributed by atoms with Crippen molar-refractivity contribution in [2.24, 2.45) is 0 Å². The van der Waals surface area contributed by atoms with Crippen LogP contribution in [0.2, 0.25) is 0 Å². The average Bonchev–Trinajstić information content (AvgIpc) is 2.99. The fourth-order valence-electron chi connectivity index (χ4n) is 2.77. The third kappa shape index (κ3) is 4.48. The highest BCUT2D eigenvalue weighted by atomic mass is 79.9. The normalized spacial score (nSPS) is 10.5. The predicted molar refractivity (Wildman–Crippen MR) is 112 cm³/mol. The topological polar surface area (TPSA) is 76.0 Å². The molecule has 3 aromatic rings. The summed E-state index contributed by atoms with van der Waals surface area (Å²) in [6.45, 7) is 4.63. The lowest BCUT2D eigenvalue weighted by Crippen LogP contribution is -2.34. The number of carbonyl (C=O) groups excluding carboxylic acids is 2. The van der Waals surface area contributed by atoms with Gasteiger partial charge in [-0.05, 0) is 66.2 Å². The minimum atomic E-state index is -0.185. The maximum absolute atomic E-state index is 12.3. The SMILES string of the molecule is Cc1nn(-c2ccc(C(=O)NCCNC(=O)c3ccccc3)cc2)c(C)c1Br. The van der Waals surface area contributed by atoms with E-state index < -0.39 is 0 Å². The van der Waals surface area contributed by atoms with Crippen molar-refractivity contribution < 1.29 is 9.59 Å². The number of aryl methyl sites for hydroxylation is 1. The summed E-state index contributed by atoms with van der Waals surface area (Å²) < 4.78 is 2.81. The Kier molecular flexibility index (Phi) is 6.26. The van der Waals surface area contributed by atoms with Crippen LogP contribution in [0, 0.1) is 13.8 Å². The Bertz CT molecular complexity index is 982. The average molecular weight is 441 g/mol. The van der Waals surface area contributed by atoms with Crippen molar-refractivity contribution in [3.05, 3.63) is 81.6 Å². The minimum absolute atomic E-state index is 0.157. The molecular formula is C21H21BrN4O2. The van der Waals surface area contributed by atoms with Crippen LogP contribution in [-0.4, -0.2) is 34.7 Å². The first-order valence-corrected chi connectivity index (χ1v) is 9.70. The first-order chi connectivity index (χ1) is 13.5. The molecule has 1 aromatic heterocycles. The molecule has 0 bridgehead atoms. The summed E-state index contributed by atoms with van der Waals surface area (Å²) >= 11 is 3.52. The van der Waals surface area contributed by atoms with Crippen molar-refractivity contribution in [2.45, 2.75) is 13.8 Å². The summed E-state index contributed by atoms with van der Waals surface area (Å²) in [5.74, 6) is -0.342. The van der Waals surface area contributed by atoms with Crippen molar-refractivity contribution in [3.63, 3.8) is 0 Å². The summed E-state index contributed by atoms with van der Waals surface area (Å²) in [7, 11) is 0. The smallest absolute Gasteiger partial charge is 0.251 e. The lowest BCUT2D eigenvalue weighted by molar-refractivity contribution is 0.0927. The highest BCUT2D eigenvalue weighted by Gasteiger charge is 2.11. The van der Waals surface area contributed by atoms with E-state index in [1.165, 1.54) is 0 Å². The van der Waals surface area contributed by atoms with Crippen LogP contribution in [0.1, 0.15) is 32.1 Å². The number of hydrogen-bond donors (Lipinski definition) is 2. The highest BCUT2D eigenvalue weighted by molar-refractivity contribution is 9.10. The third-order valence-corrected chi connectivity index (χ3v) is 5.46. The summed E-state index contributed by atoms with van der Waals surface area (Å²) in [6.07, 6.45) is 0. The van der Waals surface area contributed by atoms with E-state index in [0.29, 0.717) is 24.2 Å². The molecule has 2 aromatic carbocycles. The molecule has 144 valence electrons. The van der Waals surface area contributed by atoms with Gasteiger partial charge in [-0.3, -0.25) is 9.59 Å². The van der Waals surface area contributed by atoms with Crippen molar-refractivity contribution in [1.82, 2.24) is 20.4 Å². The van der Waals surface area contributed by atoms with Gasteiger partial charge in [0, 0.05) is 24.2 Å². The minimum Gasteiger partial charge on any atom is -0.350 e. The Labute approximate surface area is 172 Å². The first-order valence-electron chi connectivity index (χ1n) is 8.91. The fourth-order valence-corrected chi connectivity index (χ4v) is 3.02. The zero-order valence-corrected chi connectivity index (χ0v) is 17.3. The van der Waals surface area contributed by atoms with Gasteiger partial charge < -0.3 is 10.6 Å². The van der Waals surface area contributed by atoms with E-state index in [9.17, 15) is 9.59 Å². The second-order valence-electron chi connectivity index (χ2n) is 6.32. The van der Waals surface area contributed by atoms with Crippen LogP contribution in [0.5, 0.6) is 0 Å². The van der Waals surface area contributed by atoms with Gasteiger partial charge in [-0.1, -0.05) is 18.2 Å². The summed E-state index contributed by atoms with van der Waals surface area (Å²) in [5, 5.41) is 10.1. The lowest BCUT2D eigenvalue weighted by Gasteiger charge is -2.09. The van der Waals surface area contributed by atoms with E-state index in [1.807, 2.05) is 48.9 Å². The summed E-state index contributed by atoms with van der Waals surface area (Å²) in [5.41, 5.74) is 3.96. The zero-order valence-electron chi connectivity index (χ0n) is 15.7. The van der Waals surface area contributed by atoms with Crippen LogP contribution >= 0.6 is 15.9 Å². The van der Waals surface area contributed by atoms with Gasteiger partial charge in [0.15, 0.2) is 0 Å². The Balaban J connectivity index is 1.52. The van der Waals surface area contributed by atoms with Gasteiger partial charge in [0.2, 0.25) is 0 Å². The van der Waals surface area contributed by atoms with Crippen molar-refractivity contribution in [2.75, 3.05) is 13.1 Å². The van der Waals surface area contributed by atoms with Crippen LogP contribution in [0.15, 0.2) is 59.1 Å². The van der Waals surface area contributed by atoms with Crippen molar-refractivity contribution >= 4 is 27.7 Å². The van der Waals surface area contributed by atoms with Gasteiger partial charge in [0.1, 0.15) is 0 Å². The monoisotopic (exact) mass is 440 g/mol. The molecule has 2 amide bonds. The maximum Gasteiger partial charge on any atom is 0.251 e. The highest BCUT2D eigenvalue weighted by Crippen LogP contribution is 2.23. The molecule has 0 unspecified atom stereocenters. The van der Waals surface area contributed by atoms with Gasteiger partial charge in [0.25, 0.3) is 11.8 Å². The number of halogens is 1. The molecule has 2 N–H and O–H groups in total. The molecule has 7 heteroatoms. The van der Waals surface area contributed by atoms with Crippen LogP contribution < -0.4 is 10.6 Å². The molecule has 3 rings (SSSR count). The molecule has 0 atom stereocenters.